The van der Waals surface area contributed by atoms with Crippen LogP contribution in [0.2, 0.25) is 0 Å². The van der Waals surface area contributed by atoms with Crippen molar-refractivity contribution < 1.29 is 9.52 Å². The lowest BCUT2D eigenvalue weighted by atomic mass is 9.97. The molecule has 1 aromatic heterocycles. The second-order valence-corrected chi connectivity index (χ2v) is 4.98. The molecule has 4 heteroatoms. The smallest absolute Gasteiger partial charge is 0.192 e. The molecule has 0 spiro atoms. The maximum Gasteiger partial charge on any atom is 0.192 e. The number of aliphatic hydroxyl groups is 1. The maximum absolute atomic E-state index is 9.28. The van der Waals surface area contributed by atoms with Crippen LogP contribution >= 0.6 is 0 Å². The van der Waals surface area contributed by atoms with Crippen molar-refractivity contribution >= 4 is 16.8 Å². The fraction of sp³-hybridized carbons (Fsp3) is 0.500. The number of rotatable bonds is 5. The molecule has 1 heterocycles. The van der Waals surface area contributed by atoms with Crippen molar-refractivity contribution in [1.29, 1.82) is 0 Å². The van der Waals surface area contributed by atoms with Gasteiger partial charge in [-0.3, -0.25) is 0 Å². The van der Waals surface area contributed by atoms with Gasteiger partial charge in [0.2, 0.25) is 0 Å². The van der Waals surface area contributed by atoms with E-state index in [9.17, 15) is 5.11 Å². The van der Waals surface area contributed by atoms with Gasteiger partial charge in [-0.15, -0.1) is 0 Å². The van der Waals surface area contributed by atoms with E-state index in [0.717, 1.165) is 23.3 Å². The molecule has 0 aliphatic carbocycles. The van der Waals surface area contributed by atoms with E-state index in [1.54, 1.807) is 0 Å². The highest BCUT2D eigenvalue weighted by atomic mass is 16.3. The van der Waals surface area contributed by atoms with E-state index >= 15 is 0 Å². The van der Waals surface area contributed by atoms with Gasteiger partial charge in [0.05, 0.1) is 0 Å². The maximum atomic E-state index is 9.28. The average molecular weight is 248 g/mol. The number of fused-ring (bicyclic) bond motifs is 1. The van der Waals surface area contributed by atoms with Crippen LogP contribution in [0.5, 0.6) is 0 Å². The number of hydrogen-bond donors (Lipinski definition) is 2. The molecule has 0 bridgehead atoms. The van der Waals surface area contributed by atoms with Crippen LogP contribution in [0.3, 0.4) is 0 Å². The Bertz CT molecular complexity index is 519. The minimum absolute atomic E-state index is 0.203. The summed E-state index contributed by atoms with van der Waals surface area (Å²) in [4.78, 5) is 4.26. The van der Waals surface area contributed by atoms with Crippen molar-refractivity contribution in [3.05, 3.63) is 24.1 Å². The summed E-state index contributed by atoms with van der Waals surface area (Å²) in [6, 6.07) is 5.88. The average Bonchev–Trinajstić information content (AvgIpc) is 2.68. The van der Waals surface area contributed by atoms with Crippen LogP contribution in [0, 0.1) is 18.8 Å². The van der Waals surface area contributed by atoms with Gasteiger partial charge in [-0.25, -0.2) is 4.98 Å². The molecule has 0 fully saturated rings. The third-order valence-corrected chi connectivity index (χ3v) is 3.24. The Morgan fingerprint density at radius 2 is 2.17 bits per heavy atom. The number of oxazole rings is 1. The predicted molar refractivity (Wildman–Crippen MR) is 72.6 cm³/mol. The first kappa shape index (κ1) is 12.9. The predicted octanol–water partition coefficient (Wildman–Crippen LogP) is 2.81. The van der Waals surface area contributed by atoms with Crippen molar-refractivity contribution in [2.24, 2.45) is 11.8 Å². The van der Waals surface area contributed by atoms with Crippen molar-refractivity contribution in [1.82, 2.24) is 4.98 Å². The zero-order chi connectivity index (χ0) is 13.1. The molecule has 1 aromatic carbocycles. The van der Waals surface area contributed by atoms with E-state index in [-0.39, 0.29) is 12.5 Å². The lowest BCUT2D eigenvalue weighted by molar-refractivity contribution is 0.198. The molecule has 0 aliphatic rings. The monoisotopic (exact) mass is 248 g/mol. The zero-order valence-electron chi connectivity index (χ0n) is 11.1. The first-order valence-corrected chi connectivity index (χ1v) is 6.32. The summed E-state index contributed by atoms with van der Waals surface area (Å²) in [6.45, 7) is 7.03. The standard InChI is InChI=1S/C14H20N2O2/c1-9(2)11(8-17)7-15-12-4-5-13-14(6-12)18-10(3)16-13/h4-6,9,11,15,17H,7-8H2,1-3H3. The SMILES string of the molecule is Cc1nc2ccc(NCC(CO)C(C)C)cc2o1. The molecule has 2 aromatic rings. The molecule has 1 unspecified atom stereocenters. The number of aryl methyl sites for hydroxylation is 1. The minimum atomic E-state index is 0.203. The Labute approximate surface area is 107 Å². The third kappa shape index (κ3) is 2.82. The summed E-state index contributed by atoms with van der Waals surface area (Å²) in [6.07, 6.45) is 0. The van der Waals surface area contributed by atoms with Crippen LogP contribution < -0.4 is 5.32 Å². The lowest BCUT2D eigenvalue weighted by Gasteiger charge is -2.19. The van der Waals surface area contributed by atoms with Gasteiger partial charge in [-0.05, 0) is 18.1 Å². The second kappa shape index (κ2) is 5.40. The second-order valence-electron chi connectivity index (χ2n) is 4.98. The van der Waals surface area contributed by atoms with Crippen LogP contribution in [0.15, 0.2) is 22.6 Å². The summed E-state index contributed by atoms with van der Waals surface area (Å²) >= 11 is 0. The van der Waals surface area contributed by atoms with E-state index in [1.807, 2.05) is 25.1 Å². The summed E-state index contributed by atoms with van der Waals surface area (Å²) in [7, 11) is 0. The van der Waals surface area contributed by atoms with E-state index < -0.39 is 0 Å². The van der Waals surface area contributed by atoms with Gasteiger partial charge >= 0.3 is 0 Å². The summed E-state index contributed by atoms with van der Waals surface area (Å²) in [5.41, 5.74) is 2.67. The van der Waals surface area contributed by atoms with Gasteiger partial charge in [0, 0.05) is 37.7 Å². The molecular formula is C14H20N2O2. The zero-order valence-corrected chi connectivity index (χ0v) is 11.1. The Morgan fingerprint density at radius 1 is 1.39 bits per heavy atom. The normalized spacial score (nSPS) is 13.2. The first-order chi connectivity index (χ1) is 8.60. The van der Waals surface area contributed by atoms with Gasteiger partial charge in [0.1, 0.15) is 5.52 Å². The number of hydrogen-bond acceptors (Lipinski definition) is 4. The molecule has 0 radical (unpaired) electrons. The summed E-state index contributed by atoms with van der Waals surface area (Å²) in [5, 5.41) is 12.6. The molecule has 18 heavy (non-hydrogen) atoms. The Hall–Kier alpha value is -1.55. The number of aromatic nitrogens is 1. The van der Waals surface area contributed by atoms with E-state index in [2.05, 4.69) is 24.1 Å². The van der Waals surface area contributed by atoms with E-state index in [4.69, 9.17) is 4.42 Å². The molecule has 1 atom stereocenters. The van der Waals surface area contributed by atoms with Crippen LogP contribution in [-0.2, 0) is 0 Å². The van der Waals surface area contributed by atoms with Crippen molar-refractivity contribution in [2.75, 3.05) is 18.5 Å². The van der Waals surface area contributed by atoms with Crippen molar-refractivity contribution in [3.63, 3.8) is 0 Å². The number of nitrogens with one attached hydrogen (secondary N) is 1. The van der Waals surface area contributed by atoms with Gasteiger partial charge in [-0.1, -0.05) is 13.8 Å². The topological polar surface area (TPSA) is 58.3 Å². The minimum Gasteiger partial charge on any atom is -0.441 e. The van der Waals surface area contributed by atoms with Crippen molar-refractivity contribution in [2.45, 2.75) is 20.8 Å². The van der Waals surface area contributed by atoms with Gasteiger partial charge in [0.25, 0.3) is 0 Å². The molecule has 0 amide bonds. The highest BCUT2D eigenvalue weighted by Gasteiger charge is 2.12. The highest BCUT2D eigenvalue weighted by Crippen LogP contribution is 2.20. The Morgan fingerprint density at radius 3 is 2.83 bits per heavy atom. The van der Waals surface area contributed by atoms with Gasteiger partial charge in [-0.2, -0.15) is 0 Å². The van der Waals surface area contributed by atoms with Gasteiger partial charge in [0.15, 0.2) is 11.5 Å². The lowest BCUT2D eigenvalue weighted by Crippen LogP contribution is -2.22. The third-order valence-electron chi connectivity index (χ3n) is 3.24. The number of nitrogens with zero attached hydrogens (tertiary/aromatic N) is 1. The molecule has 0 saturated heterocycles. The fourth-order valence-electron chi connectivity index (χ4n) is 1.91. The molecule has 4 nitrogen and oxygen atoms in total. The molecule has 98 valence electrons. The quantitative estimate of drug-likeness (QED) is 0.854. The first-order valence-electron chi connectivity index (χ1n) is 6.32. The Kier molecular flexibility index (Phi) is 3.87. The molecular weight excluding hydrogens is 228 g/mol. The van der Waals surface area contributed by atoms with Crippen LogP contribution in [0.4, 0.5) is 5.69 Å². The highest BCUT2D eigenvalue weighted by molar-refractivity contribution is 5.77. The molecule has 0 saturated carbocycles. The molecule has 0 aliphatic heterocycles. The number of anilines is 1. The van der Waals surface area contributed by atoms with Gasteiger partial charge < -0.3 is 14.8 Å². The summed E-state index contributed by atoms with van der Waals surface area (Å²) in [5.74, 6) is 1.40. The molecule has 2 N–H and O–H groups in total. The van der Waals surface area contributed by atoms with E-state index in [1.165, 1.54) is 0 Å². The van der Waals surface area contributed by atoms with Crippen LogP contribution in [0.1, 0.15) is 19.7 Å². The fourth-order valence-corrected chi connectivity index (χ4v) is 1.91. The number of benzene rings is 1. The van der Waals surface area contributed by atoms with Crippen molar-refractivity contribution in [3.8, 4) is 0 Å². The molecule has 2 rings (SSSR count). The van der Waals surface area contributed by atoms with Crippen LogP contribution in [-0.4, -0.2) is 23.2 Å². The number of aliphatic hydroxyl groups excluding tert-OH is 1. The Balaban J connectivity index is 2.07. The van der Waals surface area contributed by atoms with Crippen LogP contribution in [0.25, 0.3) is 11.1 Å². The van der Waals surface area contributed by atoms with E-state index in [0.29, 0.717) is 11.8 Å². The summed E-state index contributed by atoms with van der Waals surface area (Å²) < 4.78 is 5.49. The largest absolute Gasteiger partial charge is 0.441 e.